The second kappa shape index (κ2) is 9.50. The molecule has 1 aromatic rings. The molecular formula is C15H19F5NO6PS. The molecule has 0 bridgehead atoms. The van der Waals surface area contributed by atoms with E-state index in [2.05, 4.69) is 18.5 Å². The number of hydrogen-bond acceptors (Lipinski definition) is 7. The van der Waals surface area contributed by atoms with E-state index in [4.69, 9.17) is 0 Å². The van der Waals surface area contributed by atoms with Gasteiger partial charge >= 0.3 is 29.8 Å². The second-order valence-electron chi connectivity index (χ2n) is 5.56. The average molecular weight is 467 g/mol. The summed E-state index contributed by atoms with van der Waals surface area (Å²) < 4.78 is 116. The maximum absolute atomic E-state index is 13.9. The van der Waals surface area contributed by atoms with Crippen molar-refractivity contribution in [2.75, 3.05) is 19.4 Å². The molecule has 1 rings (SSSR count). The summed E-state index contributed by atoms with van der Waals surface area (Å²) in [4.78, 5) is -0.528. The van der Waals surface area contributed by atoms with Gasteiger partial charge in [0.15, 0.2) is 0 Å². The molecule has 0 N–H and O–H groups in total. The molecule has 0 unspecified atom stereocenters. The maximum atomic E-state index is 13.9. The Morgan fingerprint density at radius 2 is 1.52 bits per heavy atom. The van der Waals surface area contributed by atoms with Gasteiger partial charge in [0.05, 0.1) is 19.4 Å². The van der Waals surface area contributed by atoms with Crippen LogP contribution < -0.4 is 0 Å². The summed E-state index contributed by atoms with van der Waals surface area (Å²) in [6, 6.07) is 4.80. The van der Waals surface area contributed by atoms with E-state index in [9.17, 15) is 34.9 Å². The van der Waals surface area contributed by atoms with Crippen LogP contribution in [0.15, 0.2) is 34.3 Å². The third-order valence-electron chi connectivity index (χ3n) is 3.27. The Hall–Kier alpha value is -1.56. The van der Waals surface area contributed by atoms with Crippen LogP contribution in [0.3, 0.4) is 0 Å². The first kappa shape index (κ1) is 25.5. The minimum absolute atomic E-state index is 0.329. The van der Waals surface area contributed by atoms with E-state index < -0.39 is 46.6 Å². The summed E-state index contributed by atoms with van der Waals surface area (Å²) >= 11 is 0. The predicted molar refractivity (Wildman–Crippen MR) is 93.6 cm³/mol. The molecule has 0 fully saturated rings. The van der Waals surface area contributed by atoms with Gasteiger partial charge in [-0.1, -0.05) is 22.9 Å². The van der Waals surface area contributed by atoms with E-state index in [-0.39, 0.29) is 13.2 Å². The van der Waals surface area contributed by atoms with Gasteiger partial charge in [0.1, 0.15) is 10.6 Å². The topological polar surface area (TPSA) is 91.3 Å². The third-order valence-corrected chi connectivity index (χ3v) is 6.38. The Balaban J connectivity index is 3.36. The molecule has 0 aliphatic heterocycles. The van der Waals surface area contributed by atoms with Crippen molar-refractivity contribution in [1.29, 1.82) is 0 Å². The molecule has 14 heteroatoms. The highest BCUT2D eigenvalue weighted by Gasteiger charge is 2.63. The van der Waals surface area contributed by atoms with Crippen molar-refractivity contribution in [3.05, 3.63) is 29.8 Å². The fourth-order valence-electron chi connectivity index (χ4n) is 1.90. The quantitative estimate of drug-likeness (QED) is 0.218. The van der Waals surface area contributed by atoms with Gasteiger partial charge in [0.2, 0.25) is 0 Å². The van der Waals surface area contributed by atoms with Crippen LogP contribution in [0.4, 0.5) is 22.0 Å². The number of rotatable bonds is 10. The predicted octanol–water partition coefficient (Wildman–Crippen LogP) is 4.52. The van der Waals surface area contributed by atoms with Crippen molar-refractivity contribution in [2.24, 2.45) is 5.16 Å². The summed E-state index contributed by atoms with van der Waals surface area (Å²) in [5.74, 6) is -5.65. The van der Waals surface area contributed by atoms with Crippen LogP contribution in [0.25, 0.3) is 0 Å². The number of nitrogens with zero attached hydrogens (tertiary/aromatic N) is 1. The third kappa shape index (κ3) is 6.73. The molecule has 0 aromatic heterocycles. The van der Waals surface area contributed by atoms with Crippen LogP contribution in [-0.4, -0.2) is 45.6 Å². The van der Waals surface area contributed by atoms with Gasteiger partial charge in [-0.15, -0.1) is 0 Å². The molecule has 0 aliphatic rings. The summed E-state index contributed by atoms with van der Waals surface area (Å²) in [5.41, 5.74) is -1.50. The van der Waals surface area contributed by atoms with Crippen molar-refractivity contribution in [3.63, 3.8) is 0 Å². The standard InChI is InChI=1S/C15H19F5NO6PS/c1-4-25-28(22,26-5-2)10-13(14(16,17)15(18,19)20)21-27-29(23,24)12-8-6-11(3)7-9-12/h6-9H,4-5,10H2,1-3H3/b21-13+. The van der Waals surface area contributed by atoms with Crippen molar-refractivity contribution in [1.82, 2.24) is 0 Å². The Labute approximate surface area is 164 Å². The molecule has 0 atom stereocenters. The first-order valence-electron chi connectivity index (χ1n) is 8.09. The van der Waals surface area contributed by atoms with E-state index in [0.717, 1.165) is 12.1 Å². The molecule has 0 saturated carbocycles. The molecule has 0 spiro atoms. The largest absolute Gasteiger partial charge is 0.459 e. The highest BCUT2D eigenvalue weighted by atomic mass is 32.2. The SMILES string of the molecule is CCOP(=O)(C/C(=N\OS(=O)(=O)c1ccc(C)cc1)C(F)(F)C(F)(F)F)OCC. The van der Waals surface area contributed by atoms with Crippen LogP contribution in [0.5, 0.6) is 0 Å². The van der Waals surface area contributed by atoms with Gasteiger partial charge in [-0.25, -0.2) is 0 Å². The van der Waals surface area contributed by atoms with Crippen LogP contribution in [0.2, 0.25) is 0 Å². The summed E-state index contributed by atoms with van der Waals surface area (Å²) in [5, 5.41) is 2.51. The molecule has 0 heterocycles. The van der Waals surface area contributed by atoms with Gasteiger partial charge in [-0.2, -0.15) is 30.4 Å². The Morgan fingerprint density at radius 1 is 1.03 bits per heavy atom. The highest BCUT2D eigenvalue weighted by Crippen LogP contribution is 2.50. The average Bonchev–Trinajstić information content (AvgIpc) is 2.58. The molecule has 1 aromatic carbocycles. The smallest absolute Gasteiger partial charge is 0.309 e. The summed E-state index contributed by atoms with van der Waals surface area (Å²) in [6.45, 7) is 3.59. The number of oxime groups is 1. The Kier molecular flexibility index (Phi) is 8.35. The lowest BCUT2D eigenvalue weighted by molar-refractivity contribution is -0.249. The van der Waals surface area contributed by atoms with Crippen molar-refractivity contribution in [2.45, 2.75) is 37.8 Å². The normalized spacial score (nSPS) is 14.1. The van der Waals surface area contributed by atoms with Gasteiger partial charge in [-0.3, -0.25) is 8.85 Å². The van der Waals surface area contributed by atoms with Crippen molar-refractivity contribution >= 4 is 23.4 Å². The minimum Gasteiger partial charge on any atom is -0.309 e. The first-order chi connectivity index (χ1) is 13.2. The van der Waals surface area contributed by atoms with Gasteiger partial charge in [0, 0.05) is 0 Å². The van der Waals surface area contributed by atoms with E-state index in [0.29, 0.717) is 5.56 Å². The highest BCUT2D eigenvalue weighted by molar-refractivity contribution is 7.86. The molecule has 29 heavy (non-hydrogen) atoms. The van der Waals surface area contributed by atoms with E-state index in [1.165, 1.54) is 26.0 Å². The Bertz CT molecular complexity index is 860. The second-order valence-corrected chi connectivity index (χ2v) is 9.14. The number of halogens is 5. The molecule has 7 nitrogen and oxygen atoms in total. The van der Waals surface area contributed by atoms with E-state index >= 15 is 0 Å². The summed E-state index contributed by atoms with van der Waals surface area (Å²) in [6.07, 6.45) is -7.79. The molecule has 0 amide bonds. The van der Waals surface area contributed by atoms with Crippen LogP contribution in [0, 0.1) is 6.92 Å². The van der Waals surface area contributed by atoms with E-state index in [1.807, 2.05) is 0 Å². The monoisotopic (exact) mass is 467 g/mol. The van der Waals surface area contributed by atoms with Crippen molar-refractivity contribution < 1.29 is 48.3 Å². The van der Waals surface area contributed by atoms with Crippen molar-refractivity contribution in [3.8, 4) is 0 Å². The summed E-state index contributed by atoms with van der Waals surface area (Å²) in [7, 11) is -9.31. The number of aryl methyl sites for hydroxylation is 1. The lowest BCUT2D eigenvalue weighted by Crippen LogP contribution is -2.46. The van der Waals surface area contributed by atoms with Gasteiger partial charge < -0.3 is 9.05 Å². The zero-order valence-corrected chi connectivity index (χ0v) is 17.3. The number of hydrogen-bond donors (Lipinski definition) is 0. The number of alkyl halides is 5. The molecular weight excluding hydrogens is 448 g/mol. The zero-order chi connectivity index (χ0) is 22.5. The lowest BCUT2D eigenvalue weighted by Gasteiger charge is -2.24. The Morgan fingerprint density at radius 3 is 1.93 bits per heavy atom. The fraction of sp³-hybridized carbons (Fsp3) is 0.533. The molecule has 0 saturated heterocycles. The number of benzene rings is 1. The minimum atomic E-state index is -6.16. The molecule has 166 valence electrons. The maximum Gasteiger partial charge on any atom is 0.459 e. The van der Waals surface area contributed by atoms with Crippen LogP contribution in [-0.2, 0) is 28.0 Å². The van der Waals surface area contributed by atoms with Crippen LogP contribution >= 0.6 is 7.60 Å². The van der Waals surface area contributed by atoms with E-state index in [1.54, 1.807) is 6.92 Å². The molecule has 0 aliphatic carbocycles. The van der Waals surface area contributed by atoms with Gasteiger partial charge in [0.25, 0.3) is 0 Å². The lowest BCUT2D eigenvalue weighted by atomic mass is 10.2. The first-order valence-corrected chi connectivity index (χ1v) is 11.2. The van der Waals surface area contributed by atoms with Crippen LogP contribution in [0.1, 0.15) is 19.4 Å². The van der Waals surface area contributed by atoms with Gasteiger partial charge in [-0.05, 0) is 32.9 Å². The molecule has 0 radical (unpaired) electrons. The fourth-order valence-corrected chi connectivity index (χ4v) is 4.31. The zero-order valence-electron chi connectivity index (χ0n) is 15.6.